The van der Waals surface area contributed by atoms with Crippen LogP contribution in [0.1, 0.15) is 6.42 Å². The van der Waals surface area contributed by atoms with Crippen molar-refractivity contribution >= 4 is 15.7 Å². The van der Waals surface area contributed by atoms with Crippen LogP contribution in [0.5, 0.6) is 0 Å². The predicted molar refractivity (Wildman–Crippen MR) is 71.6 cm³/mol. The van der Waals surface area contributed by atoms with Crippen molar-refractivity contribution in [2.45, 2.75) is 11.3 Å². The number of anilines is 1. The first-order valence-electron chi connectivity index (χ1n) is 5.70. The summed E-state index contributed by atoms with van der Waals surface area (Å²) in [6.45, 7) is 4.27. The van der Waals surface area contributed by atoms with E-state index in [1.807, 2.05) is 0 Å². The van der Waals surface area contributed by atoms with Crippen molar-refractivity contribution in [1.29, 1.82) is 0 Å². The molecule has 0 spiro atoms. The third-order valence-corrected chi connectivity index (χ3v) is 3.73. The second-order valence-electron chi connectivity index (χ2n) is 3.78. The van der Waals surface area contributed by atoms with E-state index in [1.165, 1.54) is 6.07 Å². The van der Waals surface area contributed by atoms with Crippen LogP contribution in [0.3, 0.4) is 0 Å². The van der Waals surface area contributed by atoms with Gasteiger partial charge < -0.3 is 10.5 Å². The van der Waals surface area contributed by atoms with E-state index in [1.54, 1.807) is 6.08 Å². The molecule has 0 aliphatic rings. The van der Waals surface area contributed by atoms with E-state index in [0.717, 1.165) is 12.1 Å². The summed E-state index contributed by atoms with van der Waals surface area (Å²) in [6, 6.07) is 3.40. The van der Waals surface area contributed by atoms with Crippen molar-refractivity contribution in [3.8, 4) is 0 Å². The number of ether oxygens (including phenoxy) is 1. The normalized spacial score (nSPS) is 11.4. The molecule has 0 fully saturated rings. The standard InChI is InChI=1S/C12H17FN2O3S/c1-2-3-7-18-8-6-15-19(16,17)12-9-10(14)4-5-11(12)13/h2,4-5,9,15H,1,3,6-8,14H2. The van der Waals surface area contributed by atoms with Crippen LogP contribution in [-0.4, -0.2) is 28.2 Å². The summed E-state index contributed by atoms with van der Waals surface area (Å²) >= 11 is 0. The van der Waals surface area contributed by atoms with E-state index in [2.05, 4.69) is 11.3 Å². The first kappa shape index (κ1) is 15.6. The van der Waals surface area contributed by atoms with E-state index in [0.29, 0.717) is 13.0 Å². The van der Waals surface area contributed by atoms with Crippen molar-refractivity contribution in [2.75, 3.05) is 25.5 Å². The Labute approximate surface area is 112 Å². The minimum Gasteiger partial charge on any atom is -0.399 e. The molecule has 0 radical (unpaired) electrons. The van der Waals surface area contributed by atoms with Crippen LogP contribution in [0.2, 0.25) is 0 Å². The van der Waals surface area contributed by atoms with Crippen molar-refractivity contribution in [3.63, 3.8) is 0 Å². The number of nitrogen functional groups attached to an aromatic ring is 1. The SMILES string of the molecule is C=CCCOCCNS(=O)(=O)c1cc(N)ccc1F. The third kappa shape index (κ3) is 4.98. The van der Waals surface area contributed by atoms with Gasteiger partial charge in [0.1, 0.15) is 10.7 Å². The molecular formula is C12H17FN2O3S. The Bertz CT molecular complexity index is 532. The fourth-order valence-corrected chi connectivity index (χ4v) is 2.44. The molecule has 0 unspecified atom stereocenters. The highest BCUT2D eigenvalue weighted by molar-refractivity contribution is 7.89. The predicted octanol–water partition coefficient (Wildman–Crippen LogP) is 1.28. The second-order valence-corrected chi connectivity index (χ2v) is 5.51. The maximum Gasteiger partial charge on any atom is 0.243 e. The molecule has 0 aliphatic heterocycles. The van der Waals surface area contributed by atoms with E-state index >= 15 is 0 Å². The Kier molecular flexibility index (Phi) is 5.94. The van der Waals surface area contributed by atoms with Gasteiger partial charge in [0.25, 0.3) is 0 Å². The van der Waals surface area contributed by atoms with E-state index in [9.17, 15) is 12.8 Å². The van der Waals surface area contributed by atoms with Gasteiger partial charge in [-0.1, -0.05) is 6.08 Å². The molecule has 19 heavy (non-hydrogen) atoms. The average molecular weight is 288 g/mol. The molecule has 0 saturated carbocycles. The number of nitrogens with two attached hydrogens (primary N) is 1. The highest BCUT2D eigenvalue weighted by Gasteiger charge is 2.18. The smallest absolute Gasteiger partial charge is 0.243 e. The van der Waals surface area contributed by atoms with Gasteiger partial charge in [0.05, 0.1) is 13.2 Å². The Morgan fingerprint density at radius 2 is 2.16 bits per heavy atom. The van der Waals surface area contributed by atoms with E-state index in [4.69, 9.17) is 10.5 Å². The zero-order valence-electron chi connectivity index (χ0n) is 10.4. The minimum atomic E-state index is -3.91. The summed E-state index contributed by atoms with van der Waals surface area (Å²) in [5, 5.41) is 0. The van der Waals surface area contributed by atoms with Crippen LogP contribution in [-0.2, 0) is 14.8 Å². The van der Waals surface area contributed by atoms with Gasteiger partial charge in [-0.15, -0.1) is 6.58 Å². The van der Waals surface area contributed by atoms with Crippen LogP contribution in [0, 0.1) is 5.82 Å². The molecule has 5 nitrogen and oxygen atoms in total. The molecule has 0 atom stereocenters. The van der Waals surface area contributed by atoms with Crippen molar-refractivity contribution in [1.82, 2.24) is 4.72 Å². The first-order valence-corrected chi connectivity index (χ1v) is 7.19. The number of hydrogen-bond acceptors (Lipinski definition) is 4. The molecule has 0 bridgehead atoms. The summed E-state index contributed by atoms with van der Waals surface area (Å²) < 4.78 is 44.4. The van der Waals surface area contributed by atoms with Crippen LogP contribution >= 0.6 is 0 Å². The second kappa shape index (κ2) is 7.22. The highest BCUT2D eigenvalue weighted by atomic mass is 32.2. The van der Waals surface area contributed by atoms with Gasteiger partial charge in [-0.2, -0.15) is 0 Å². The quantitative estimate of drug-likeness (QED) is 0.429. The molecule has 1 aromatic carbocycles. The third-order valence-electron chi connectivity index (χ3n) is 2.25. The summed E-state index contributed by atoms with van der Waals surface area (Å²) in [4.78, 5) is -0.460. The van der Waals surface area contributed by atoms with Gasteiger partial charge in [-0.05, 0) is 24.6 Å². The lowest BCUT2D eigenvalue weighted by molar-refractivity contribution is 0.144. The average Bonchev–Trinajstić information content (AvgIpc) is 2.36. The molecule has 1 aromatic rings. The van der Waals surface area contributed by atoms with Gasteiger partial charge in [-0.3, -0.25) is 0 Å². The molecule has 106 valence electrons. The van der Waals surface area contributed by atoms with Crippen molar-refractivity contribution in [3.05, 3.63) is 36.7 Å². The van der Waals surface area contributed by atoms with Crippen LogP contribution in [0.15, 0.2) is 35.7 Å². The lowest BCUT2D eigenvalue weighted by atomic mass is 10.3. The fourth-order valence-electron chi connectivity index (χ4n) is 1.32. The lowest BCUT2D eigenvalue weighted by Crippen LogP contribution is -2.28. The Hall–Kier alpha value is -1.44. The number of halogens is 1. The maximum absolute atomic E-state index is 13.4. The van der Waals surface area contributed by atoms with Gasteiger partial charge in [0, 0.05) is 12.2 Å². The van der Waals surface area contributed by atoms with Crippen LogP contribution in [0.25, 0.3) is 0 Å². The number of sulfonamides is 1. The molecule has 0 saturated heterocycles. The maximum atomic E-state index is 13.4. The highest BCUT2D eigenvalue weighted by Crippen LogP contribution is 2.17. The Balaban J connectivity index is 2.56. The summed E-state index contributed by atoms with van der Waals surface area (Å²) in [5.41, 5.74) is 5.63. The molecule has 7 heteroatoms. The zero-order chi connectivity index (χ0) is 14.3. The van der Waals surface area contributed by atoms with Crippen LogP contribution < -0.4 is 10.5 Å². The minimum absolute atomic E-state index is 0.0632. The van der Waals surface area contributed by atoms with E-state index < -0.39 is 20.7 Å². The van der Waals surface area contributed by atoms with Crippen molar-refractivity contribution in [2.24, 2.45) is 0 Å². The monoisotopic (exact) mass is 288 g/mol. The summed E-state index contributed by atoms with van der Waals surface area (Å²) in [5.74, 6) is -0.839. The summed E-state index contributed by atoms with van der Waals surface area (Å²) in [7, 11) is -3.91. The number of rotatable bonds is 8. The topological polar surface area (TPSA) is 81.4 Å². The molecule has 0 amide bonds. The van der Waals surface area contributed by atoms with Gasteiger partial charge in [0.15, 0.2) is 0 Å². The molecule has 0 aliphatic carbocycles. The zero-order valence-corrected chi connectivity index (χ0v) is 11.2. The largest absolute Gasteiger partial charge is 0.399 e. The Morgan fingerprint density at radius 3 is 2.84 bits per heavy atom. The number of benzene rings is 1. The van der Waals surface area contributed by atoms with Gasteiger partial charge in [-0.25, -0.2) is 17.5 Å². The van der Waals surface area contributed by atoms with Crippen molar-refractivity contribution < 1.29 is 17.5 Å². The molecule has 3 N–H and O–H groups in total. The molecular weight excluding hydrogens is 271 g/mol. The van der Waals surface area contributed by atoms with Gasteiger partial charge >= 0.3 is 0 Å². The van der Waals surface area contributed by atoms with Crippen LogP contribution in [0.4, 0.5) is 10.1 Å². The molecule has 0 aromatic heterocycles. The lowest BCUT2D eigenvalue weighted by Gasteiger charge is -2.08. The Morgan fingerprint density at radius 1 is 1.42 bits per heavy atom. The number of hydrogen-bond donors (Lipinski definition) is 2. The summed E-state index contributed by atoms with van der Waals surface area (Å²) in [6.07, 6.45) is 2.39. The van der Waals surface area contributed by atoms with Gasteiger partial charge in [0.2, 0.25) is 10.0 Å². The fraction of sp³-hybridized carbons (Fsp3) is 0.333. The molecule has 0 heterocycles. The number of nitrogens with one attached hydrogen (secondary N) is 1. The van der Waals surface area contributed by atoms with E-state index in [-0.39, 0.29) is 18.8 Å². The molecule has 1 rings (SSSR count). The first-order chi connectivity index (χ1) is 8.97.